The zero-order valence-electron chi connectivity index (χ0n) is 20.8. The topological polar surface area (TPSA) is 77.2 Å². The Morgan fingerprint density at radius 2 is 1.94 bits per heavy atom. The molecule has 2 heterocycles. The number of benzene rings is 2. The molecule has 2 fully saturated rings. The van der Waals surface area contributed by atoms with Gasteiger partial charge < -0.3 is 14.5 Å². The molecule has 5 atom stereocenters. The summed E-state index contributed by atoms with van der Waals surface area (Å²) in [7, 11) is 1.64. The number of nitrogens with zero attached hydrogens (tertiary/aromatic N) is 2. The summed E-state index contributed by atoms with van der Waals surface area (Å²) in [6.07, 6.45) is 3.09. The fourth-order valence-electron chi connectivity index (χ4n) is 6.52. The highest BCUT2D eigenvalue weighted by molar-refractivity contribution is 6.31. The SMILES string of the molecule is CC[C@@]12CC[C@@H](c3ccc(-c4nnc(CCOC)o4)cc3Cl)[C@H](c3ccc(Cl)cc3)[C@@H]1[C@@H](C)NC2=O. The maximum atomic E-state index is 13.2. The van der Waals surface area contributed by atoms with E-state index >= 15 is 0 Å². The number of amides is 1. The summed E-state index contributed by atoms with van der Waals surface area (Å²) >= 11 is 13.2. The van der Waals surface area contributed by atoms with Crippen molar-refractivity contribution in [2.45, 2.75) is 57.4 Å². The molecule has 190 valence electrons. The van der Waals surface area contributed by atoms with E-state index in [9.17, 15) is 4.79 Å². The Hall–Kier alpha value is -2.41. The molecule has 6 nitrogen and oxygen atoms in total. The van der Waals surface area contributed by atoms with Crippen molar-refractivity contribution in [2.24, 2.45) is 11.3 Å². The summed E-state index contributed by atoms with van der Waals surface area (Å²) in [6, 6.07) is 14.1. The first-order chi connectivity index (χ1) is 17.4. The number of aromatic nitrogens is 2. The molecule has 1 aliphatic heterocycles. The van der Waals surface area contributed by atoms with Crippen LogP contribution < -0.4 is 5.32 Å². The predicted octanol–water partition coefficient (Wildman–Crippen LogP) is 6.42. The highest BCUT2D eigenvalue weighted by atomic mass is 35.5. The van der Waals surface area contributed by atoms with Gasteiger partial charge in [-0.1, -0.05) is 48.3 Å². The largest absolute Gasteiger partial charge is 0.421 e. The molecule has 1 aliphatic carbocycles. The monoisotopic (exact) mass is 527 g/mol. The zero-order valence-corrected chi connectivity index (χ0v) is 22.3. The Bertz CT molecular complexity index is 1250. The lowest BCUT2D eigenvalue weighted by Gasteiger charge is -2.47. The zero-order chi connectivity index (χ0) is 25.4. The van der Waals surface area contributed by atoms with Crippen molar-refractivity contribution in [3.8, 4) is 11.5 Å². The van der Waals surface area contributed by atoms with Crippen molar-refractivity contribution in [2.75, 3.05) is 13.7 Å². The van der Waals surface area contributed by atoms with Crippen LogP contribution in [-0.4, -0.2) is 35.9 Å². The van der Waals surface area contributed by atoms with Crippen LogP contribution in [0.3, 0.4) is 0 Å². The Morgan fingerprint density at radius 1 is 1.17 bits per heavy atom. The minimum absolute atomic E-state index is 0.0721. The molecule has 3 aromatic rings. The summed E-state index contributed by atoms with van der Waals surface area (Å²) < 4.78 is 10.9. The number of methoxy groups -OCH3 is 1. The molecule has 1 saturated heterocycles. The number of hydrogen-bond acceptors (Lipinski definition) is 5. The van der Waals surface area contributed by atoms with Crippen LogP contribution in [0.2, 0.25) is 10.0 Å². The molecule has 0 bridgehead atoms. The van der Waals surface area contributed by atoms with E-state index in [-0.39, 0.29) is 35.1 Å². The van der Waals surface area contributed by atoms with E-state index in [1.807, 2.05) is 24.3 Å². The van der Waals surface area contributed by atoms with Crippen LogP contribution in [0.5, 0.6) is 0 Å². The second kappa shape index (κ2) is 10.2. The molecule has 0 radical (unpaired) electrons. The summed E-state index contributed by atoms with van der Waals surface area (Å²) in [5.41, 5.74) is 2.69. The quantitative estimate of drug-likeness (QED) is 0.383. The average molecular weight is 528 g/mol. The van der Waals surface area contributed by atoms with E-state index in [2.05, 4.69) is 47.6 Å². The Balaban J connectivity index is 1.53. The van der Waals surface area contributed by atoms with Crippen LogP contribution >= 0.6 is 23.2 Å². The lowest BCUT2D eigenvalue weighted by atomic mass is 9.54. The second-order valence-electron chi connectivity index (χ2n) is 10.0. The first-order valence-corrected chi connectivity index (χ1v) is 13.3. The van der Waals surface area contributed by atoms with Gasteiger partial charge in [-0.2, -0.15) is 0 Å². The highest BCUT2D eigenvalue weighted by Crippen LogP contribution is 2.60. The van der Waals surface area contributed by atoms with Crippen LogP contribution in [0.15, 0.2) is 46.9 Å². The standard InChI is InChI=1S/C28H31Cl2N3O3/c1-4-28-13-11-21(24(17-5-8-19(29)9-6-17)25(28)16(2)31-27(28)34)20-10-7-18(15-22(20)30)26-33-32-23(36-26)12-14-35-3/h5-10,15-16,21,24-25H,4,11-14H2,1-3H3,(H,31,34)/t16-,21+,24+,25+,28-/m1/s1. The third-order valence-electron chi connectivity index (χ3n) is 8.23. The molecule has 8 heteroatoms. The van der Waals surface area contributed by atoms with E-state index in [1.165, 1.54) is 5.56 Å². The summed E-state index contributed by atoms with van der Waals surface area (Å²) in [5.74, 6) is 1.60. The van der Waals surface area contributed by atoms with Gasteiger partial charge in [-0.3, -0.25) is 4.79 Å². The number of rotatable bonds is 7. The number of hydrogen-bond donors (Lipinski definition) is 1. The maximum absolute atomic E-state index is 13.2. The molecule has 36 heavy (non-hydrogen) atoms. The third kappa shape index (κ3) is 4.33. The maximum Gasteiger partial charge on any atom is 0.247 e. The van der Waals surface area contributed by atoms with Gasteiger partial charge in [0.2, 0.25) is 17.7 Å². The smallest absolute Gasteiger partial charge is 0.247 e. The van der Waals surface area contributed by atoms with Crippen LogP contribution in [0.1, 0.15) is 62.0 Å². The normalized spacial score (nSPS) is 27.6. The number of halogens is 2. The minimum atomic E-state index is -0.366. The van der Waals surface area contributed by atoms with Gasteiger partial charge in [-0.15, -0.1) is 10.2 Å². The van der Waals surface area contributed by atoms with Gasteiger partial charge in [0.1, 0.15) is 0 Å². The first-order valence-electron chi connectivity index (χ1n) is 12.6. The Kier molecular flexibility index (Phi) is 7.12. The number of carbonyl (C=O) groups excluding carboxylic acids is 1. The van der Waals surface area contributed by atoms with Crippen molar-refractivity contribution < 1.29 is 13.9 Å². The van der Waals surface area contributed by atoms with Gasteiger partial charge in [0.25, 0.3) is 0 Å². The average Bonchev–Trinajstić information content (AvgIpc) is 3.45. The van der Waals surface area contributed by atoms with Gasteiger partial charge >= 0.3 is 0 Å². The lowest BCUT2D eigenvalue weighted by molar-refractivity contribution is -0.131. The molecule has 5 rings (SSSR count). The van der Waals surface area contributed by atoms with Crippen LogP contribution in [0.25, 0.3) is 11.5 Å². The van der Waals surface area contributed by atoms with Crippen molar-refractivity contribution in [3.05, 3.63) is 69.5 Å². The van der Waals surface area contributed by atoms with E-state index < -0.39 is 0 Å². The lowest BCUT2D eigenvalue weighted by Crippen LogP contribution is -2.43. The molecular weight excluding hydrogens is 497 g/mol. The van der Waals surface area contributed by atoms with E-state index in [1.54, 1.807) is 7.11 Å². The number of fused-ring (bicyclic) bond motifs is 1. The minimum Gasteiger partial charge on any atom is -0.421 e. The third-order valence-corrected chi connectivity index (χ3v) is 8.81. The fraction of sp³-hybridized carbons (Fsp3) is 0.464. The van der Waals surface area contributed by atoms with E-state index in [0.29, 0.717) is 34.9 Å². The summed E-state index contributed by atoms with van der Waals surface area (Å²) in [4.78, 5) is 13.2. The van der Waals surface area contributed by atoms with Crippen molar-refractivity contribution in [1.82, 2.24) is 15.5 Å². The van der Waals surface area contributed by atoms with Crippen LogP contribution in [0.4, 0.5) is 0 Å². The molecule has 0 unspecified atom stereocenters. The van der Waals surface area contributed by atoms with Gasteiger partial charge in [-0.05, 0) is 73.4 Å². The van der Waals surface area contributed by atoms with Gasteiger partial charge in [0.15, 0.2) is 0 Å². The van der Waals surface area contributed by atoms with Gasteiger partial charge in [-0.25, -0.2) is 0 Å². The molecule has 1 N–H and O–H groups in total. The van der Waals surface area contributed by atoms with Crippen molar-refractivity contribution in [3.63, 3.8) is 0 Å². The van der Waals surface area contributed by atoms with Crippen LogP contribution in [0, 0.1) is 11.3 Å². The highest BCUT2D eigenvalue weighted by Gasteiger charge is 2.59. The molecule has 1 aromatic heterocycles. The molecule has 1 saturated carbocycles. The Morgan fingerprint density at radius 3 is 2.64 bits per heavy atom. The van der Waals surface area contributed by atoms with Gasteiger partial charge in [0, 0.05) is 41.1 Å². The van der Waals surface area contributed by atoms with Crippen LogP contribution in [-0.2, 0) is 16.0 Å². The second-order valence-corrected chi connectivity index (χ2v) is 10.8. The molecular formula is C28H31Cl2N3O3. The summed E-state index contributed by atoms with van der Waals surface area (Å²) in [6.45, 7) is 4.79. The van der Waals surface area contributed by atoms with E-state index in [4.69, 9.17) is 32.4 Å². The first kappa shape index (κ1) is 25.2. The molecule has 1 amide bonds. The summed E-state index contributed by atoms with van der Waals surface area (Å²) in [5, 5.41) is 12.9. The van der Waals surface area contributed by atoms with Crippen molar-refractivity contribution in [1.29, 1.82) is 0 Å². The molecule has 2 aromatic carbocycles. The van der Waals surface area contributed by atoms with E-state index in [0.717, 1.165) is 30.4 Å². The number of carbonyl (C=O) groups is 1. The van der Waals surface area contributed by atoms with Gasteiger partial charge in [0.05, 0.1) is 12.0 Å². The fourth-order valence-corrected chi connectivity index (χ4v) is 6.96. The molecule has 0 spiro atoms. The molecule has 2 aliphatic rings. The Labute approximate surface area is 221 Å². The van der Waals surface area contributed by atoms with Crippen molar-refractivity contribution >= 4 is 29.1 Å². The number of ether oxygens (including phenoxy) is 1. The predicted molar refractivity (Wildman–Crippen MR) is 140 cm³/mol. The number of nitrogens with one attached hydrogen (secondary N) is 1.